The number of hydrogen-bond acceptors (Lipinski definition) is 12. The smallest absolute Gasteiger partial charge is 0.494 e. The van der Waals surface area contributed by atoms with Gasteiger partial charge in [0, 0.05) is 72.3 Å². The zero-order chi connectivity index (χ0) is 59.6. The van der Waals surface area contributed by atoms with Gasteiger partial charge >= 0.3 is 14.2 Å². The first-order valence-corrected chi connectivity index (χ1v) is 28.6. The van der Waals surface area contributed by atoms with Crippen LogP contribution in [0.4, 0.5) is 8.78 Å². The summed E-state index contributed by atoms with van der Waals surface area (Å²) in [6.07, 6.45) is 0. The van der Waals surface area contributed by atoms with E-state index in [9.17, 15) is 32.8 Å². The molecule has 6 aliphatic heterocycles. The minimum absolute atomic E-state index is 0.0276. The quantitative estimate of drug-likeness (QED) is 0.120. The summed E-state index contributed by atoms with van der Waals surface area (Å²) in [6, 6.07) is 17.0. The molecule has 5 amide bonds. The Kier molecular flexibility index (Phi) is 19.9. The summed E-state index contributed by atoms with van der Waals surface area (Å²) >= 11 is 9.77. The average Bonchev–Trinajstić information content (AvgIpc) is 4.27. The lowest BCUT2D eigenvalue weighted by atomic mass is 9.77. The van der Waals surface area contributed by atoms with E-state index < -0.39 is 37.1 Å². The molecule has 0 atom stereocenters. The summed E-state index contributed by atoms with van der Waals surface area (Å²) in [7, 11) is 2.63. The molecule has 1 saturated heterocycles. The number of methoxy groups -OCH3 is 3. The summed E-state index contributed by atoms with van der Waals surface area (Å²) < 4.78 is 56.9. The number of nitrogens with one attached hydrogen (secondary N) is 1. The van der Waals surface area contributed by atoms with Crippen molar-refractivity contribution in [2.24, 2.45) is 0 Å². The number of benzene rings is 5. The molecule has 24 heteroatoms. The maximum absolute atomic E-state index is 13.4. The van der Waals surface area contributed by atoms with Crippen molar-refractivity contribution in [1.82, 2.24) is 24.9 Å². The predicted molar refractivity (Wildman–Crippen MR) is 313 cm³/mol. The van der Waals surface area contributed by atoms with Crippen molar-refractivity contribution in [3.63, 3.8) is 0 Å². The van der Waals surface area contributed by atoms with Gasteiger partial charge < -0.3 is 58.5 Å². The second-order valence-corrected chi connectivity index (χ2v) is 23.2. The Morgan fingerprint density at radius 3 is 1.32 bits per heavy atom. The second-order valence-electron chi connectivity index (χ2n) is 20.4. The first-order chi connectivity index (χ1) is 38.3. The van der Waals surface area contributed by atoms with Crippen LogP contribution in [-0.4, -0.2) is 132 Å². The third-order valence-electron chi connectivity index (χ3n) is 15.0. The van der Waals surface area contributed by atoms with Gasteiger partial charge in [-0.1, -0.05) is 59.9 Å². The van der Waals surface area contributed by atoms with Crippen molar-refractivity contribution in [1.29, 1.82) is 0 Å². The van der Waals surface area contributed by atoms with E-state index in [0.717, 1.165) is 38.7 Å². The Balaban J connectivity index is 0.000000149. The van der Waals surface area contributed by atoms with Crippen LogP contribution in [0.5, 0.6) is 17.2 Å². The summed E-state index contributed by atoms with van der Waals surface area (Å²) in [5.74, 6) is 0.238. The molecule has 3 N–H and O–H groups in total. The molecule has 5 aromatic carbocycles. The lowest BCUT2D eigenvalue weighted by molar-refractivity contribution is 0.00578. The third-order valence-corrected chi connectivity index (χ3v) is 16.3. The predicted octanol–water partition coefficient (Wildman–Crippen LogP) is 8.15. The van der Waals surface area contributed by atoms with E-state index in [4.69, 9.17) is 33.6 Å². The molecule has 6 heterocycles. The Morgan fingerprint density at radius 2 is 0.889 bits per heavy atom. The van der Waals surface area contributed by atoms with Crippen LogP contribution >= 0.6 is 47.8 Å². The second kappa shape index (κ2) is 25.7. The minimum atomic E-state index is -1.56. The van der Waals surface area contributed by atoms with Crippen molar-refractivity contribution in [2.45, 2.75) is 99.3 Å². The van der Waals surface area contributed by atoms with Gasteiger partial charge in [0.2, 0.25) is 0 Å². The molecule has 6 aliphatic rings. The van der Waals surface area contributed by atoms with Crippen molar-refractivity contribution < 1.29 is 66.3 Å². The highest BCUT2D eigenvalue weighted by Crippen LogP contribution is 2.39. The number of ether oxygens (including phenoxy) is 3. The molecular weight excluding hydrogens is 1250 g/mol. The Hall–Kier alpha value is -5.88. The lowest BCUT2D eigenvalue weighted by Crippen LogP contribution is -2.41. The first kappa shape index (κ1) is 62.7. The minimum Gasteiger partial charge on any atom is -0.496 e. The van der Waals surface area contributed by atoms with Gasteiger partial charge in [0.1, 0.15) is 28.9 Å². The SMILES string of the molecule is CCN1Cc2cc(B(O)O)cc(OC)c2C1=O.CCN1Cc2cc(B3OC(C)(C)C(C)(C)O3)cc(OC)c2C1=O.CCN1Cc2cc(Br)cc(F)c2C1=O.CCN1Cc2cc(Br)cc(OC)c2C1=O.O=C1NCc2cc(Br)cc(F)c21. The maximum Gasteiger partial charge on any atom is 0.494 e. The zero-order valence-corrected chi connectivity index (χ0v) is 51.7. The molecule has 17 nitrogen and oxygen atoms in total. The monoisotopic (exact) mass is 1310 g/mol. The molecule has 11 rings (SSSR count). The molecule has 1 fully saturated rings. The molecule has 0 radical (unpaired) electrons. The van der Waals surface area contributed by atoms with Crippen LogP contribution < -0.4 is 30.5 Å². The van der Waals surface area contributed by atoms with Crippen molar-refractivity contribution in [2.75, 3.05) is 47.5 Å². The van der Waals surface area contributed by atoms with Crippen molar-refractivity contribution in [3.8, 4) is 17.2 Å². The van der Waals surface area contributed by atoms with Crippen LogP contribution in [0.25, 0.3) is 0 Å². The molecule has 0 aromatic heterocycles. The van der Waals surface area contributed by atoms with E-state index in [1.165, 1.54) is 25.3 Å². The largest absolute Gasteiger partial charge is 0.496 e. The summed E-state index contributed by atoms with van der Waals surface area (Å²) in [4.78, 5) is 66.0. The van der Waals surface area contributed by atoms with Crippen LogP contribution in [-0.2, 0) is 42.0 Å². The van der Waals surface area contributed by atoms with Gasteiger partial charge in [-0.2, -0.15) is 0 Å². The normalized spacial score (nSPS) is 16.4. The molecule has 0 unspecified atom stereocenters. The number of rotatable bonds is 9. The number of fused-ring (bicyclic) bond motifs is 5. The summed E-state index contributed by atoms with van der Waals surface area (Å²) in [6.45, 7) is 21.2. The van der Waals surface area contributed by atoms with E-state index in [1.54, 1.807) is 52.0 Å². The number of carbonyl (C=O) groups is 5. The van der Waals surface area contributed by atoms with Gasteiger partial charge in [0.05, 0.1) is 60.3 Å². The van der Waals surface area contributed by atoms with Gasteiger partial charge in [-0.15, -0.1) is 0 Å². The van der Waals surface area contributed by atoms with Crippen LogP contribution in [0.3, 0.4) is 0 Å². The number of halogens is 5. The van der Waals surface area contributed by atoms with Crippen LogP contribution in [0.15, 0.2) is 74.1 Å². The topological polar surface area (TPSA) is 197 Å². The first-order valence-electron chi connectivity index (χ1n) is 26.2. The molecular formula is C57H64B2Br3F2N5O12. The lowest BCUT2D eigenvalue weighted by Gasteiger charge is -2.32. The van der Waals surface area contributed by atoms with E-state index >= 15 is 0 Å². The fourth-order valence-electron chi connectivity index (χ4n) is 9.92. The average molecular weight is 1310 g/mol. The highest BCUT2D eigenvalue weighted by molar-refractivity contribution is 9.11. The maximum atomic E-state index is 13.4. The molecule has 0 bridgehead atoms. The molecule has 430 valence electrons. The standard InChI is InChI=1S/C17H24BNO4.C11H14BNO4.C11H12BrNO2.C10H9BrFNO.C8H5BrFNO/c1-7-19-10-11-8-12(9-13(21-6)14(11)15(19)20)18-22-16(2,3)17(4,5)23-18;1-3-13-6-7-4-8(12(15)16)5-9(17-2)10(7)11(13)14;1-3-13-6-7-4-8(12)5-9(15-2)10(7)11(13)14;1-2-13-5-6-3-7(11)4-8(12)9(6)10(13)14;9-5-1-4-3-11-8(12)7(4)6(10)2-5/h8-9H,7,10H2,1-6H3;4-5,15-16H,3,6H2,1-2H3;4-5H,3,6H2,1-2H3;3-4H,2,5H2,1H3;1-2H,3H2,(H,11,12). The highest BCUT2D eigenvalue weighted by Gasteiger charge is 2.52. The summed E-state index contributed by atoms with van der Waals surface area (Å²) in [5, 5.41) is 20.9. The van der Waals surface area contributed by atoms with E-state index in [1.807, 2.05) is 79.7 Å². The van der Waals surface area contributed by atoms with E-state index in [2.05, 4.69) is 53.1 Å². The fraction of sp³-hybridized carbons (Fsp3) is 0.386. The fourth-order valence-corrected chi connectivity index (χ4v) is 11.4. The zero-order valence-electron chi connectivity index (χ0n) is 46.9. The van der Waals surface area contributed by atoms with Gasteiger partial charge in [-0.25, -0.2) is 8.78 Å². The number of hydrogen-bond donors (Lipinski definition) is 3. The van der Waals surface area contributed by atoms with Crippen LogP contribution in [0.2, 0.25) is 0 Å². The Labute approximate surface area is 496 Å². The third kappa shape index (κ3) is 13.0. The van der Waals surface area contributed by atoms with Gasteiger partial charge in [0.25, 0.3) is 29.5 Å². The van der Waals surface area contributed by atoms with E-state index in [0.29, 0.717) is 106 Å². The number of amides is 5. The van der Waals surface area contributed by atoms with Gasteiger partial charge in [-0.3, -0.25) is 24.0 Å². The Bertz CT molecular complexity index is 3280. The van der Waals surface area contributed by atoms with Crippen molar-refractivity contribution >= 4 is 102 Å². The molecule has 0 saturated carbocycles. The van der Waals surface area contributed by atoms with Gasteiger partial charge in [0.15, 0.2) is 0 Å². The highest BCUT2D eigenvalue weighted by atomic mass is 79.9. The van der Waals surface area contributed by atoms with Crippen LogP contribution in [0.1, 0.15) is 135 Å². The van der Waals surface area contributed by atoms with Crippen molar-refractivity contribution in [3.05, 3.63) is 141 Å². The molecule has 0 aliphatic carbocycles. The molecule has 81 heavy (non-hydrogen) atoms. The number of carbonyl (C=O) groups excluding carboxylic acids is 5. The molecule has 5 aromatic rings. The molecule has 0 spiro atoms. The summed E-state index contributed by atoms with van der Waals surface area (Å²) in [5.41, 5.74) is 7.02. The Morgan fingerprint density at radius 1 is 0.531 bits per heavy atom. The number of nitrogens with zero attached hydrogens (tertiary/aromatic N) is 4. The van der Waals surface area contributed by atoms with E-state index in [-0.39, 0.29) is 40.7 Å². The van der Waals surface area contributed by atoms with Gasteiger partial charge in [-0.05, 0) is 143 Å². The van der Waals surface area contributed by atoms with Crippen LogP contribution in [0, 0.1) is 11.6 Å².